The molecule has 2 unspecified atom stereocenters. The van der Waals surface area contributed by atoms with Crippen molar-refractivity contribution < 1.29 is 8.42 Å². The summed E-state index contributed by atoms with van der Waals surface area (Å²) in [5.74, 6) is 0.626. The fraction of sp³-hybridized carbons (Fsp3) is 0.375. The van der Waals surface area contributed by atoms with Crippen molar-refractivity contribution in [3.63, 3.8) is 0 Å². The van der Waals surface area contributed by atoms with Crippen LogP contribution in [0, 0.1) is 5.92 Å². The molecule has 0 amide bonds. The molecule has 0 bridgehead atoms. The predicted octanol–water partition coefficient (Wildman–Crippen LogP) is 3.42. The second-order valence-corrected chi connectivity index (χ2v) is 8.35. The Balaban J connectivity index is 1.76. The highest BCUT2D eigenvalue weighted by Gasteiger charge is 2.32. The van der Waals surface area contributed by atoms with Gasteiger partial charge >= 0.3 is 0 Å². The third-order valence-electron chi connectivity index (χ3n) is 4.02. The highest BCUT2D eigenvalue weighted by molar-refractivity contribution is 7.91. The third kappa shape index (κ3) is 2.99. The molecule has 0 aromatic heterocycles. The first-order chi connectivity index (χ1) is 9.53. The van der Waals surface area contributed by atoms with Crippen molar-refractivity contribution in [2.75, 3.05) is 11.5 Å². The third-order valence-corrected chi connectivity index (χ3v) is 6.33. The van der Waals surface area contributed by atoms with E-state index in [1.54, 1.807) is 0 Å². The summed E-state index contributed by atoms with van der Waals surface area (Å²) < 4.78 is 23.0. The Morgan fingerprint density at radius 2 is 1.90 bits per heavy atom. The van der Waals surface area contributed by atoms with Gasteiger partial charge in [0, 0.05) is 5.38 Å². The molecule has 2 nitrogen and oxygen atoms in total. The van der Waals surface area contributed by atoms with Crippen LogP contribution in [0.2, 0.25) is 0 Å². The van der Waals surface area contributed by atoms with Gasteiger partial charge in [-0.2, -0.15) is 0 Å². The van der Waals surface area contributed by atoms with Crippen molar-refractivity contribution >= 4 is 32.2 Å². The van der Waals surface area contributed by atoms with Gasteiger partial charge in [-0.1, -0.05) is 42.5 Å². The van der Waals surface area contributed by atoms with E-state index in [9.17, 15) is 8.42 Å². The van der Waals surface area contributed by atoms with Gasteiger partial charge in [-0.15, -0.1) is 11.6 Å². The maximum atomic E-state index is 11.5. The molecule has 20 heavy (non-hydrogen) atoms. The van der Waals surface area contributed by atoms with E-state index in [1.165, 1.54) is 16.3 Å². The van der Waals surface area contributed by atoms with E-state index in [0.717, 1.165) is 6.42 Å². The van der Waals surface area contributed by atoms with Gasteiger partial charge < -0.3 is 0 Å². The van der Waals surface area contributed by atoms with E-state index in [0.29, 0.717) is 12.2 Å². The topological polar surface area (TPSA) is 34.1 Å². The Morgan fingerprint density at radius 1 is 1.15 bits per heavy atom. The molecular formula is C16H17ClO2S. The Labute approximate surface area is 124 Å². The van der Waals surface area contributed by atoms with Crippen LogP contribution in [0.15, 0.2) is 42.5 Å². The second kappa shape index (κ2) is 5.38. The zero-order valence-electron chi connectivity index (χ0n) is 11.1. The maximum absolute atomic E-state index is 11.5. The molecule has 0 radical (unpaired) electrons. The molecular weight excluding hydrogens is 292 g/mol. The van der Waals surface area contributed by atoms with Crippen LogP contribution in [0.3, 0.4) is 0 Å². The van der Waals surface area contributed by atoms with Crippen LogP contribution in [0.4, 0.5) is 0 Å². The monoisotopic (exact) mass is 308 g/mol. The summed E-state index contributed by atoms with van der Waals surface area (Å²) in [6.07, 6.45) is 1.43. The van der Waals surface area contributed by atoms with Crippen molar-refractivity contribution in [1.82, 2.24) is 0 Å². The zero-order chi connectivity index (χ0) is 14.2. The number of alkyl halides is 1. The number of halogens is 1. The number of sulfone groups is 1. The quantitative estimate of drug-likeness (QED) is 0.814. The zero-order valence-corrected chi connectivity index (χ0v) is 12.7. The molecule has 1 aliphatic rings. The Hall–Kier alpha value is -1.06. The van der Waals surface area contributed by atoms with Gasteiger partial charge in [0.15, 0.2) is 9.84 Å². The highest BCUT2D eigenvalue weighted by Crippen LogP contribution is 2.28. The lowest BCUT2D eigenvalue weighted by Crippen LogP contribution is -2.18. The van der Waals surface area contributed by atoms with E-state index in [1.807, 2.05) is 12.1 Å². The molecule has 0 saturated carbocycles. The largest absolute Gasteiger partial charge is 0.229 e. The Morgan fingerprint density at radius 3 is 2.60 bits per heavy atom. The van der Waals surface area contributed by atoms with Gasteiger partial charge in [0.05, 0.1) is 11.5 Å². The van der Waals surface area contributed by atoms with Crippen LogP contribution < -0.4 is 0 Å². The maximum Gasteiger partial charge on any atom is 0.150 e. The average molecular weight is 309 g/mol. The summed E-state index contributed by atoms with van der Waals surface area (Å²) in [7, 11) is -2.85. The van der Waals surface area contributed by atoms with Gasteiger partial charge in [-0.3, -0.25) is 0 Å². The molecule has 0 aliphatic carbocycles. The molecule has 0 spiro atoms. The lowest BCUT2D eigenvalue weighted by molar-refractivity contribution is 0.550. The van der Waals surface area contributed by atoms with Crippen LogP contribution in [0.25, 0.3) is 10.8 Å². The van der Waals surface area contributed by atoms with E-state index in [-0.39, 0.29) is 17.0 Å². The second-order valence-electron chi connectivity index (χ2n) is 5.56. The number of benzene rings is 2. The van der Waals surface area contributed by atoms with Gasteiger partial charge in [-0.25, -0.2) is 8.42 Å². The smallest absolute Gasteiger partial charge is 0.150 e. The highest BCUT2D eigenvalue weighted by atomic mass is 35.5. The first kappa shape index (κ1) is 13.9. The van der Waals surface area contributed by atoms with Gasteiger partial charge in [-0.05, 0) is 35.1 Å². The van der Waals surface area contributed by atoms with E-state index >= 15 is 0 Å². The number of fused-ring (bicyclic) bond motifs is 1. The van der Waals surface area contributed by atoms with Gasteiger partial charge in [0.1, 0.15) is 0 Å². The summed E-state index contributed by atoms with van der Waals surface area (Å²) >= 11 is 6.44. The lowest BCUT2D eigenvalue weighted by atomic mass is 9.97. The SMILES string of the molecule is O=S1(=O)CCC(C(Cl)Cc2ccc3ccccc3c2)C1. The predicted molar refractivity (Wildman–Crippen MR) is 84.1 cm³/mol. The van der Waals surface area contributed by atoms with Crippen LogP contribution in [-0.2, 0) is 16.3 Å². The van der Waals surface area contributed by atoms with Crippen LogP contribution in [-0.4, -0.2) is 25.3 Å². The molecule has 1 aliphatic heterocycles. The lowest BCUT2D eigenvalue weighted by Gasteiger charge is -2.15. The van der Waals surface area contributed by atoms with Gasteiger partial charge in [0.25, 0.3) is 0 Å². The molecule has 0 N–H and O–H groups in total. The van der Waals surface area contributed by atoms with Crippen LogP contribution in [0.1, 0.15) is 12.0 Å². The number of hydrogen-bond acceptors (Lipinski definition) is 2. The van der Waals surface area contributed by atoms with Crippen molar-refractivity contribution in [2.24, 2.45) is 5.92 Å². The van der Waals surface area contributed by atoms with Crippen molar-refractivity contribution in [3.8, 4) is 0 Å². The fourth-order valence-corrected chi connectivity index (χ4v) is 5.25. The van der Waals surface area contributed by atoms with E-state index in [4.69, 9.17) is 11.6 Å². The molecule has 2 aromatic rings. The van der Waals surface area contributed by atoms with Crippen molar-refractivity contribution in [3.05, 3.63) is 48.0 Å². The first-order valence-electron chi connectivity index (χ1n) is 6.86. The van der Waals surface area contributed by atoms with E-state index < -0.39 is 9.84 Å². The summed E-state index contributed by atoms with van der Waals surface area (Å²) in [6.45, 7) is 0. The average Bonchev–Trinajstić information content (AvgIpc) is 2.79. The molecule has 1 saturated heterocycles. The molecule has 1 fully saturated rings. The van der Waals surface area contributed by atoms with Crippen molar-refractivity contribution in [1.29, 1.82) is 0 Å². The molecule has 2 atom stereocenters. The molecule has 1 heterocycles. The Bertz CT molecular complexity index is 724. The minimum Gasteiger partial charge on any atom is -0.229 e. The number of rotatable bonds is 3. The molecule has 106 valence electrons. The van der Waals surface area contributed by atoms with Crippen molar-refractivity contribution in [2.45, 2.75) is 18.2 Å². The fourth-order valence-electron chi connectivity index (χ4n) is 2.87. The number of hydrogen-bond donors (Lipinski definition) is 0. The van der Waals surface area contributed by atoms with Crippen LogP contribution >= 0.6 is 11.6 Å². The van der Waals surface area contributed by atoms with E-state index in [2.05, 4.69) is 30.3 Å². The minimum atomic E-state index is -2.85. The summed E-state index contributed by atoms with van der Waals surface area (Å²) in [6, 6.07) is 14.5. The normalized spacial score (nSPS) is 22.9. The first-order valence-corrected chi connectivity index (χ1v) is 9.11. The summed E-state index contributed by atoms with van der Waals surface area (Å²) in [5, 5.41) is 2.31. The van der Waals surface area contributed by atoms with Crippen LogP contribution in [0.5, 0.6) is 0 Å². The molecule has 2 aromatic carbocycles. The van der Waals surface area contributed by atoms with Gasteiger partial charge in [0.2, 0.25) is 0 Å². The summed E-state index contributed by atoms with van der Waals surface area (Å²) in [5.41, 5.74) is 1.17. The standard InChI is InChI=1S/C16H17ClO2S/c17-16(15-7-8-20(18,19)11-15)10-12-5-6-13-3-1-2-4-14(13)9-12/h1-6,9,15-16H,7-8,10-11H2. The minimum absolute atomic E-state index is 0.0909. The Kier molecular flexibility index (Phi) is 3.74. The molecule has 3 rings (SSSR count). The molecule has 4 heteroatoms. The summed E-state index contributed by atoms with van der Waals surface area (Å²) in [4.78, 5) is 0.